The number of fused-ring (bicyclic) bond motifs is 1. The van der Waals surface area contributed by atoms with Crippen LogP contribution in [0.15, 0.2) is 29.6 Å². The van der Waals surface area contributed by atoms with Crippen molar-refractivity contribution in [2.75, 3.05) is 13.1 Å². The largest absolute Gasteiger partial charge is 0.311 e. The summed E-state index contributed by atoms with van der Waals surface area (Å²) in [4.78, 5) is 2.67. The second kappa shape index (κ2) is 5.47. The molecule has 1 saturated heterocycles. The molecule has 0 radical (unpaired) electrons. The van der Waals surface area contributed by atoms with Gasteiger partial charge in [-0.3, -0.25) is 4.90 Å². The molecule has 20 heavy (non-hydrogen) atoms. The molecule has 1 N–H and O–H groups in total. The number of nitrogens with one attached hydrogen (secondary N) is 1. The summed E-state index contributed by atoms with van der Waals surface area (Å²) in [5, 5.41) is 7.40. The van der Waals surface area contributed by atoms with Gasteiger partial charge in [0.05, 0.1) is 0 Å². The summed E-state index contributed by atoms with van der Waals surface area (Å²) >= 11 is 1.87. The minimum Gasteiger partial charge on any atom is -0.311 e. The molecular weight excluding hydrogens is 264 g/mol. The van der Waals surface area contributed by atoms with Gasteiger partial charge in [-0.15, -0.1) is 11.3 Å². The Bertz CT molecular complexity index is 591. The monoisotopic (exact) mass is 288 g/mol. The van der Waals surface area contributed by atoms with Gasteiger partial charge in [-0.25, -0.2) is 0 Å². The highest BCUT2D eigenvalue weighted by Crippen LogP contribution is 2.30. The average Bonchev–Trinajstić information content (AvgIpc) is 2.87. The predicted octanol–water partition coefficient (Wildman–Crippen LogP) is 3.86. The third-order valence-corrected chi connectivity index (χ3v) is 5.79. The molecule has 108 valence electrons. The molecule has 2 atom stereocenters. The van der Waals surface area contributed by atoms with Gasteiger partial charge in [-0.2, -0.15) is 0 Å². The zero-order valence-electron chi connectivity index (χ0n) is 12.6. The Kier molecular flexibility index (Phi) is 3.85. The van der Waals surface area contributed by atoms with Crippen LogP contribution in [0, 0.1) is 0 Å². The smallest absolute Gasteiger partial charge is 0.0346 e. The first kappa shape index (κ1) is 14.1. The summed E-state index contributed by atoms with van der Waals surface area (Å²) in [7, 11) is 0. The minimum atomic E-state index is 0.273. The van der Waals surface area contributed by atoms with Gasteiger partial charge in [0.1, 0.15) is 0 Å². The first-order valence-corrected chi connectivity index (χ1v) is 8.44. The van der Waals surface area contributed by atoms with Crippen molar-refractivity contribution in [2.45, 2.75) is 45.3 Å². The molecule has 0 bridgehead atoms. The molecule has 3 heteroatoms. The van der Waals surface area contributed by atoms with Crippen LogP contribution in [-0.4, -0.2) is 29.6 Å². The van der Waals surface area contributed by atoms with Crippen molar-refractivity contribution in [1.82, 2.24) is 10.2 Å². The van der Waals surface area contributed by atoms with Crippen molar-refractivity contribution in [1.29, 1.82) is 0 Å². The normalized spacial score (nSPS) is 28.1. The molecule has 2 unspecified atom stereocenters. The quantitative estimate of drug-likeness (QED) is 0.922. The fourth-order valence-electron chi connectivity index (χ4n) is 3.09. The SMILES string of the molecule is CCC1(C)CNC(C)CN1Cc1csc2ccccc12. The van der Waals surface area contributed by atoms with Crippen LogP contribution in [0.3, 0.4) is 0 Å². The summed E-state index contributed by atoms with van der Waals surface area (Å²) < 4.78 is 1.41. The molecule has 2 heterocycles. The van der Waals surface area contributed by atoms with E-state index in [4.69, 9.17) is 0 Å². The Hall–Kier alpha value is -0.900. The molecule has 2 aromatic rings. The van der Waals surface area contributed by atoms with Crippen molar-refractivity contribution in [3.63, 3.8) is 0 Å². The molecule has 2 nitrogen and oxygen atoms in total. The molecule has 0 amide bonds. The van der Waals surface area contributed by atoms with Gasteiger partial charge in [-0.05, 0) is 42.7 Å². The van der Waals surface area contributed by atoms with Crippen LogP contribution in [0.5, 0.6) is 0 Å². The van der Waals surface area contributed by atoms with E-state index in [-0.39, 0.29) is 5.54 Å². The zero-order chi connectivity index (χ0) is 14.2. The summed E-state index contributed by atoms with van der Waals surface area (Å²) in [6.45, 7) is 10.3. The number of nitrogens with zero attached hydrogens (tertiary/aromatic N) is 1. The minimum absolute atomic E-state index is 0.273. The molecule has 1 fully saturated rings. The first-order valence-electron chi connectivity index (χ1n) is 7.56. The Balaban J connectivity index is 1.88. The Labute approximate surface area is 125 Å². The van der Waals surface area contributed by atoms with Crippen molar-refractivity contribution < 1.29 is 0 Å². The third kappa shape index (κ3) is 2.50. The van der Waals surface area contributed by atoms with Crippen LogP contribution in [0.1, 0.15) is 32.8 Å². The molecule has 1 aromatic carbocycles. The first-order chi connectivity index (χ1) is 9.62. The number of benzene rings is 1. The molecule has 1 aliphatic heterocycles. The van der Waals surface area contributed by atoms with Gasteiger partial charge in [0.15, 0.2) is 0 Å². The van der Waals surface area contributed by atoms with E-state index in [1.54, 1.807) is 0 Å². The van der Waals surface area contributed by atoms with Crippen LogP contribution >= 0.6 is 11.3 Å². The number of hydrogen-bond acceptors (Lipinski definition) is 3. The van der Waals surface area contributed by atoms with E-state index in [0.717, 1.165) is 19.6 Å². The van der Waals surface area contributed by atoms with E-state index in [1.807, 2.05) is 11.3 Å². The van der Waals surface area contributed by atoms with E-state index in [2.05, 4.69) is 60.6 Å². The number of rotatable bonds is 3. The third-order valence-electron chi connectivity index (χ3n) is 4.77. The molecule has 0 aliphatic carbocycles. The number of thiophene rings is 1. The zero-order valence-corrected chi connectivity index (χ0v) is 13.5. The summed E-state index contributed by atoms with van der Waals surface area (Å²) in [6.07, 6.45) is 1.19. The van der Waals surface area contributed by atoms with Crippen molar-refractivity contribution >= 4 is 21.4 Å². The molecule has 0 spiro atoms. The van der Waals surface area contributed by atoms with Crippen LogP contribution in [0.4, 0.5) is 0 Å². The Morgan fingerprint density at radius 1 is 1.40 bits per heavy atom. The lowest BCUT2D eigenvalue weighted by Crippen LogP contribution is -2.61. The second-order valence-electron chi connectivity index (χ2n) is 6.27. The van der Waals surface area contributed by atoms with Crippen molar-refractivity contribution in [2.24, 2.45) is 0 Å². The lowest BCUT2D eigenvalue weighted by molar-refractivity contribution is 0.0458. The van der Waals surface area contributed by atoms with Gasteiger partial charge in [0, 0.05) is 35.9 Å². The van der Waals surface area contributed by atoms with E-state index < -0.39 is 0 Å². The van der Waals surface area contributed by atoms with Gasteiger partial charge < -0.3 is 5.32 Å². The van der Waals surface area contributed by atoms with E-state index >= 15 is 0 Å². The molecular formula is C17H24N2S. The summed E-state index contributed by atoms with van der Waals surface area (Å²) in [5.41, 5.74) is 1.76. The highest BCUT2D eigenvalue weighted by Gasteiger charge is 2.35. The Morgan fingerprint density at radius 2 is 2.20 bits per heavy atom. The van der Waals surface area contributed by atoms with Crippen LogP contribution in [0.2, 0.25) is 0 Å². The average molecular weight is 288 g/mol. The van der Waals surface area contributed by atoms with Crippen LogP contribution < -0.4 is 5.32 Å². The maximum atomic E-state index is 3.63. The van der Waals surface area contributed by atoms with E-state index in [9.17, 15) is 0 Å². The summed E-state index contributed by atoms with van der Waals surface area (Å²) in [6, 6.07) is 9.35. The molecule has 0 saturated carbocycles. The highest BCUT2D eigenvalue weighted by molar-refractivity contribution is 7.17. The van der Waals surface area contributed by atoms with E-state index in [0.29, 0.717) is 6.04 Å². The lowest BCUT2D eigenvalue weighted by atomic mass is 9.91. The van der Waals surface area contributed by atoms with Gasteiger partial charge in [0.25, 0.3) is 0 Å². The maximum absolute atomic E-state index is 3.63. The van der Waals surface area contributed by atoms with Crippen LogP contribution in [-0.2, 0) is 6.54 Å². The molecule has 3 rings (SSSR count). The van der Waals surface area contributed by atoms with Crippen LogP contribution in [0.25, 0.3) is 10.1 Å². The van der Waals surface area contributed by atoms with Gasteiger partial charge in [-0.1, -0.05) is 25.1 Å². The number of hydrogen-bond donors (Lipinski definition) is 1. The van der Waals surface area contributed by atoms with Crippen molar-refractivity contribution in [3.8, 4) is 0 Å². The fourth-order valence-corrected chi connectivity index (χ4v) is 4.04. The fraction of sp³-hybridized carbons (Fsp3) is 0.529. The maximum Gasteiger partial charge on any atom is 0.0346 e. The highest BCUT2D eigenvalue weighted by atomic mass is 32.1. The molecule has 1 aliphatic rings. The lowest BCUT2D eigenvalue weighted by Gasteiger charge is -2.47. The topological polar surface area (TPSA) is 15.3 Å². The molecule has 1 aromatic heterocycles. The van der Waals surface area contributed by atoms with Gasteiger partial charge >= 0.3 is 0 Å². The summed E-state index contributed by atoms with van der Waals surface area (Å²) in [5.74, 6) is 0. The predicted molar refractivity (Wildman–Crippen MR) is 88.4 cm³/mol. The van der Waals surface area contributed by atoms with Gasteiger partial charge in [0.2, 0.25) is 0 Å². The Morgan fingerprint density at radius 3 is 3.00 bits per heavy atom. The standard InChI is InChI=1S/C17H24N2S/c1-4-17(3)12-18-13(2)9-19(17)10-14-11-20-16-8-6-5-7-15(14)16/h5-8,11,13,18H,4,9-10,12H2,1-3H3. The van der Waals surface area contributed by atoms with E-state index in [1.165, 1.54) is 22.1 Å². The second-order valence-corrected chi connectivity index (χ2v) is 7.18. The number of piperazine rings is 1. The van der Waals surface area contributed by atoms with Crippen molar-refractivity contribution in [3.05, 3.63) is 35.2 Å².